The van der Waals surface area contributed by atoms with Crippen LogP contribution in [0.5, 0.6) is 0 Å². The normalized spacial score (nSPS) is 10.3. The second kappa shape index (κ2) is 3.69. The fourth-order valence-electron chi connectivity index (χ4n) is 1.53. The van der Waals surface area contributed by atoms with Gasteiger partial charge in [0, 0.05) is 24.2 Å². The van der Waals surface area contributed by atoms with Gasteiger partial charge in [-0.05, 0) is 42.7 Å². The van der Waals surface area contributed by atoms with E-state index in [0.29, 0.717) is 5.82 Å². The van der Waals surface area contributed by atoms with Crippen LogP contribution in [-0.2, 0) is 0 Å². The lowest BCUT2D eigenvalue weighted by Gasteiger charge is -2.06. The lowest BCUT2D eigenvalue weighted by atomic mass is 10.0. The third-order valence-electron chi connectivity index (χ3n) is 2.45. The lowest BCUT2D eigenvalue weighted by molar-refractivity contribution is 1.24. The predicted octanol–water partition coefficient (Wildman–Crippen LogP) is 2.34. The summed E-state index contributed by atoms with van der Waals surface area (Å²) in [6, 6.07) is 4.03. The van der Waals surface area contributed by atoms with Crippen molar-refractivity contribution < 1.29 is 0 Å². The van der Waals surface area contributed by atoms with E-state index in [1.807, 2.05) is 32.2 Å². The van der Waals surface area contributed by atoms with Crippen LogP contribution in [0.4, 0.5) is 5.82 Å². The zero-order chi connectivity index (χ0) is 10.8. The molecule has 0 aliphatic carbocycles. The molecule has 0 unspecified atom stereocenters. The van der Waals surface area contributed by atoms with Gasteiger partial charge in [-0.1, -0.05) is 0 Å². The van der Waals surface area contributed by atoms with E-state index in [-0.39, 0.29) is 0 Å². The van der Waals surface area contributed by atoms with E-state index >= 15 is 0 Å². The van der Waals surface area contributed by atoms with E-state index in [2.05, 4.69) is 9.97 Å². The molecule has 2 rings (SSSR count). The molecule has 0 aliphatic rings. The lowest BCUT2D eigenvalue weighted by Crippen LogP contribution is -1.94. The van der Waals surface area contributed by atoms with E-state index < -0.39 is 0 Å². The third kappa shape index (κ3) is 1.81. The largest absolute Gasteiger partial charge is 0.383 e. The first-order valence-corrected chi connectivity index (χ1v) is 4.81. The van der Waals surface area contributed by atoms with Gasteiger partial charge in [-0.15, -0.1) is 0 Å². The van der Waals surface area contributed by atoms with E-state index in [0.717, 1.165) is 22.3 Å². The molecule has 0 radical (unpaired) electrons. The van der Waals surface area contributed by atoms with Crippen LogP contribution in [0.1, 0.15) is 11.1 Å². The van der Waals surface area contributed by atoms with E-state index in [4.69, 9.17) is 5.73 Å². The Morgan fingerprint density at radius 1 is 1.13 bits per heavy atom. The highest BCUT2D eigenvalue weighted by molar-refractivity contribution is 5.67. The van der Waals surface area contributed by atoms with Crippen molar-refractivity contribution >= 4 is 5.82 Å². The Bertz CT molecular complexity index is 492. The van der Waals surface area contributed by atoms with Crippen molar-refractivity contribution in [1.82, 2.24) is 9.97 Å². The highest BCUT2D eigenvalue weighted by atomic mass is 14.8. The van der Waals surface area contributed by atoms with Crippen molar-refractivity contribution in [3.05, 3.63) is 41.9 Å². The molecular formula is C12H13N3. The number of aromatic nitrogens is 2. The number of nitrogens with zero attached hydrogens (tertiary/aromatic N) is 2. The number of hydrogen-bond donors (Lipinski definition) is 1. The molecular weight excluding hydrogens is 186 g/mol. The first-order chi connectivity index (χ1) is 7.18. The van der Waals surface area contributed by atoms with Gasteiger partial charge in [0.15, 0.2) is 0 Å². The van der Waals surface area contributed by atoms with Gasteiger partial charge in [0.2, 0.25) is 0 Å². The second-order valence-electron chi connectivity index (χ2n) is 3.62. The van der Waals surface area contributed by atoms with Crippen molar-refractivity contribution in [3.8, 4) is 11.1 Å². The summed E-state index contributed by atoms with van der Waals surface area (Å²) in [5.41, 5.74) is 10.1. The molecule has 15 heavy (non-hydrogen) atoms. The summed E-state index contributed by atoms with van der Waals surface area (Å²) in [4.78, 5) is 8.22. The monoisotopic (exact) mass is 199 g/mol. The molecule has 3 nitrogen and oxygen atoms in total. The summed E-state index contributed by atoms with van der Waals surface area (Å²) in [6.07, 6.45) is 5.43. The first-order valence-electron chi connectivity index (χ1n) is 4.81. The molecule has 2 aromatic rings. The highest BCUT2D eigenvalue weighted by Crippen LogP contribution is 2.23. The van der Waals surface area contributed by atoms with Crippen LogP contribution >= 0.6 is 0 Å². The van der Waals surface area contributed by atoms with Crippen LogP contribution in [0.15, 0.2) is 30.7 Å². The molecule has 0 aliphatic heterocycles. The summed E-state index contributed by atoms with van der Waals surface area (Å²) in [7, 11) is 0. The molecule has 0 spiro atoms. The summed E-state index contributed by atoms with van der Waals surface area (Å²) >= 11 is 0. The fourth-order valence-corrected chi connectivity index (χ4v) is 1.53. The van der Waals surface area contributed by atoms with Crippen molar-refractivity contribution in [2.45, 2.75) is 13.8 Å². The predicted molar refractivity (Wildman–Crippen MR) is 61.4 cm³/mol. The van der Waals surface area contributed by atoms with Crippen LogP contribution in [-0.4, -0.2) is 9.97 Å². The van der Waals surface area contributed by atoms with Crippen molar-refractivity contribution in [1.29, 1.82) is 0 Å². The van der Waals surface area contributed by atoms with E-state index in [9.17, 15) is 0 Å². The average Bonchev–Trinajstić information content (AvgIpc) is 2.23. The maximum Gasteiger partial charge on any atom is 0.126 e. The molecule has 0 saturated heterocycles. The Hall–Kier alpha value is -1.90. The van der Waals surface area contributed by atoms with Crippen molar-refractivity contribution in [2.75, 3.05) is 5.73 Å². The van der Waals surface area contributed by atoms with Crippen molar-refractivity contribution in [3.63, 3.8) is 0 Å². The minimum absolute atomic E-state index is 0.588. The van der Waals surface area contributed by atoms with Gasteiger partial charge in [0.1, 0.15) is 5.82 Å². The minimum Gasteiger partial charge on any atom is -0.383 e. The quantitative estimate of drug-likeness (QED) is 0.767. The summed E-state index contributed by atoms with van der Waals surface area (Å²) in [5.74, 6) is 0.588. The Morgan fingerprint density at radius 3 is 2.60 bits per heavy atom. The highest BCUT2D eigenvalue weighted by Gasteiger charge is 2.03. The van der Waals surface area contributed by atoms with Crippen LogP contribution in [0.25, 0.3) is 11.1 Å². The Morgan fingerprint density at radius 2 is 1.93 bits per heavy atom. The molecule has 2 aromatic heterocycles. The Balaban J connectivity index is 2.55. The molecule has 3 heteroatoms. The van der Waals surface area contributed by atoms with Gasteiger partial charge in [0.25, 0.3) is 0 Å². The minimum atomic E-state index is 0.588. The smallest absolute Gasteiger partial charge is 0.126 e. The van der Waals surface area contributed by atoms with Crippen molar-refractivity contribution in [2.24, 2.45) is 0 Å². The third-order valence-corrected chi connectivity index (χ3v) is 2.45. The number of hydrogen-bond acceptors (Lipinski definition) is 3. The van der Waals surface area contributed by atoms with Gasteiger partial charge in [0.05, 0.1) is 0 Å². The summed E-state index contributed by atoms with van der Waals surface area (Å²) in [5, 5.41) is 0. The zero-order valence-corrected chi connectivity index (χ0v) is 8.86. The number of nitrogens with two attached hydrogens (primary N) is 1. The molecule has 0 aromatic carbocycles. The van der Waals surface area contributed by atoms with Gasteiger partial charge >= 0.3 is 0 Å². The number of nitrogen functional groups attached to an aromatic ring is 1. The second-order valence-corrected chi connectivity index (χ2v) is 3.62. The number of pyridine rings is 2. The van der Waals surface area contributed by atoms with Crippen LogP contribution < -0.4 is 5.73 Å². The number of anilines is 1. The van der Waals surface area contributed by atoms with Crippen LogP contribution in [0.2, 0.25) is 0 Å². The van der Waals surface area contributed by atoms with E-state index in [1.54, 1.807) is 12.4 Å². The standard InChI is InChI=1S/C12H13N3/c1-8-5-10(7-15-12(8)13)11-3-4-14-6-9(11)2/h3-7H,1-2H3,(H2,13,15). The Labute approximate surface area is 89.0 Å². The topological polar surface area (TPSA) is 51.8 Å². The van der Waals surface area contributed by atoms with Crippen LogP contribution in [0.3, 0.4) is 0 Å². The maximum absolute atomic E-state index is 5.68. The molecule has 0 amide bonds. The molecule has 0 fully saturated rings. The molecule has 0 saturated carbocycles. The molecule has 2 N–H and O–H groups in total. The number of rotatable bonds is 1. The van der Waals surface area contributed by atoms with Gasteiger partial charge in [-0.2, -0.15) is 0 Å². The average molecular weight is 199 g/mol. The molecule has 0 bridgehead atoms. The van der Waals surface area contributed by atoms with E-state index in [1.165, 1.54) is 0 Å². The zero-order valence-electron chi connectivity index (χ0n) is 8.86. The number of aryl methyl sites for hydroxylation is 2. The molecule has 0 atom stereocenters. The van der Waals surface area contributed by atoms with Gasteiger partial charge < -0.3 is 5.73 Å². The Kier molecular flexibility index (Phi) is 2.37. The first kappa shape index (κ1) is 9.65. The fraction of sp³-hybridized carbons (Fsp3) is 0.167. The van der Waals surface area contributed by atoms with Gasteiger partial charge in [-0.25, -0.2) is 4.98 Å². The molecule has 76 valence electrons. The maximum atomic E-state index is 5.68. The SMILES string of the molecule is Cc1cnccc1-c1cnc(N)c(C)c1. The van der Waals surface area contributed by atoms with Gasteiger partial charge in [-0.3, -0.25) is 4.98 Å². The summed E-state index contributed by atoms with van der Waals surface area (Å²) < 4.78 is 0. The summed E-state index contributed by atoms with van der Waals surface area (Å²) in [6.45, 7) is 4.00. The molecule has 2 heterocycles. The van der Waals surface area contributed by atoms with Crippen LogP contribution in [0, 0.1) is 13.8 Å².